The van der Waals surface area contributed by atoms with Gasteiger partial charge in [0.05, 0.1) is 5.56 Å². The fourth-order valence-corrected chi connectivity index (χ4v) is 3.41. The Balaban J connectivity index is 2.04. The molecule has 2 aliphatic heterocycles. The zero-order valence-corrected chi connectivity index (χ0v) is 13.9. The van der Waals surface area contributed by atoms with Crippen molar-refractivity contribution in [3.05, 3.63) is 49.6 Å². The molecule has 0 N–H and O–H groups in total. The number of benzene rings is 1. The van der Waals surface area contributed by atoms with Gasteiger partial charge in [0.1, 0.15) is 12.4 Å². The number of ether oxygens (including phenoxy) is 2. The van der Waals surface area contributed by atoms with E-state index in [1.807, 2.05) is 18.2 Å². The average Bonchev–Trinajstić information content (AvgIpc) is 2.92. The Kier molecular flexibility index (Phi) is 2.78. The van der Waals surface area contributed by atoms with E-state index in [1.54, 1.807) is 6.20 Å². The Bertz CT molecular complexity index is 696. The molecule has 0 aliphatic carbocycles. The van der Waals surface area contributed by atoms with Crippen LogP contribution in [0.15, 0.2) is 39.9 Å². The first-order valence-electron chi connectivity index (χ1n) is 5.98. The molecule has 2 aromatic rings. The Hall–Kier alpha value is -1.15. The van der Waals surface area contributed by atoms with Crippen LogP contribution < -0.4 is 4.74 Å². The lowest BCUT2D eigenvalue weighted by atomic mass is 9.83. The van der Waals surface area contributed by atoms with Crippen molar-refractivity contribution in [2.75, 3.05) is 6.61 Å². The number of aliphatic imine (C=N–C) groups is 1. The van der Waals surface area contributed by atoms with E-state index < -0.39 is 5.54 Å². The molecule has 3 heterocycles. The summed E-state index contributed by atoms with van der Waals surface area (Å²) in [6.45, 7) is 0.467. The number of rotatable bonds is 0. The van der Waals surface area contributed by atoms with E-state index in [9.17, 15) is 0 Å². The van der Waals surface area contributed by atoms with Crippen molar-refractivity contribution in [1.82, 2.24) is 4.98 Å². The molecule has 0 fully saturated rings. The van der Waals surface area contributed by atoms with Crippen molar-refractivity contribution in [1.29, 1.82) is 0 Å². The summed E-state index contributed by atoms with van der Waals surface area (Å²) < 4.78 is 13.4. The van der Waals surface area contributed by atoms with Gasteiger partial charge in [-0.1, -0.05) is 0 Å². The summed E-state index contributed by atoms with van der Waals surface area (Å²) in [6.07, 6.45) is 3.24. The van der Waals surface area contributed by atoms with Crippen LogP contribution in [0, 0.1) is 3.57 Å². The van der Waals surface area contributed by atoms with Gasteiger partial charge in [-0.05, 0) is 62.8 Å². The van der Waals surface area contributed by atoms with Crippen molar-refractivity contribution < 1.29 is 9.47 Å². The number of aromatic nitrogens is 1. The van der Waals surface area contributed by atoms with Crippen molar-refractivity contribution in [3.8, 4) is 11.6 Å². The zero-order valence-electron chi connectivity index (χ0n) is 10.1. The largest absolute Gasteiger partial charge is 0.480 e. The molecular weight excluding hydrogens is 435 g/mol. The molecule has 4 rings (SSSR count). The predicted molar refractivity (Wildman–Crippen MR) is 86.4 cm³/mol. The molecule has 0 radical (unpaired) electrons. The Labute approximate surface area is 137 Å². The molecule has 2 aliphatic rings. The predicted octanol–water partition coefficient (Wildman–Crippen LogP) is 3.86. The van der Waals surface area contributed by atoms with Crippen LogP contribution in [0.2, 0.25) is 0 Å². The number of hydrogen-bond donors (Lipinski definition) is 0. The first-order chi connectivity index (χ1) is 9.69. The lowest BCUT2D eigenvalue weighted by molar-refractivity contribution is 0.271. The molecule has 0 amide bonds. The third-order valence-electron chi connectivity index (χ3n) is 3.50. The van der Waals surface area contributed by atoms with Crippen LogP contribution in [0.5, 0.6) is 11.6 Å². The first kappa shape index (κ1) is 12.6. The van der Waals surface area contributed by atoms with Crippen molar-refractivity contribution in [2.45, 2.75) is 5.54 Å². The fourth-order valence-electron chi connectivity index (χ4n) is 2.58. The second-order valence-electron chi connectivity index (χ2n) is 4.65. The van der Waals surface area contributed by atoms with Crippen LogP contribution >= 0.6 is 38.5 Å². The Morgan fingerprint density at radius 2 is 2.15 bits per heavy atom. The fraction of sp³-hybridized carbons (Fsp3) is 0.143. The summed E-state index contributed by atoms with van der Waals surface area (Å²) in [4.78, 5) is 8.96. The van der Waals surface area contributed by atoms with Gasteiger partial charge in [-0.2, -0.15) is 0 Å². The van der Waals surface area contributed by atoms with Crippen LogP contribution in [0.25, 0.3) is 0 Å². The smallest absolute Gasteiger partial charge is 0.225 e. The molecule has 0 bridgehead atoms. The van der Waals surface area contributed by atoms with E-state index in [1.165, 1.54) is 6.40 Å². The van der Waals surface area contributed by atoms with Gasteiger partial charge in [0, 0.05) is 19.8 Å². The molecule has 6 heteroatoms. The normalized spacial score (nSPS) is 22.1. The minimum atomic E-state index is -0.555. The van der Waals surface area contributed by atoms with Gasteiger partial charge < -0.3 is 9.47 Å². The molecule has 1 aromatic carbocycles. The molecular formula is C14H8BrIN2O2. The molecule has 1 aromatic heterocycles. The van der Waals surface area contributed by atoms with E-state index in [2.05, 4.69) is 54.6 Å². The highest BCUT2D eigenvalue weighted by Gasteiger charge is 2.46. The standard InChI is InChI=1S/C14H8BrIN2O2/c15-8-3-11-13(17-5-8)20-12-2-1-9(16)4-10(12)14(11)6-19-7-18-14/h1-5,7H,6H2/t14-/m0/s1. The van der Waals surface area contributed by atoms with Gasteiger partial charge in [-0.15, -0.1) is 0 Å². The highest BCUT2D eigenvalue weighted by Crippen LogP contribution is 2.50. The monoisotopic (exact) mass is 442 g/mol. The van der Waals surface area contributed by atoms with E-state index in [-0.39, 0.29) is 0 Å². The van der Waals surface area contributed by atoms with Crippen LogP contribution in [-0.4, -0.2) is 18.0 Å². The number of pyridine rings is 1. The molecule has 0 unspecified atom stereocenters. The van der Waals surface area contributed by atoms with Crippen molar-refractivity contribution in [3.63, 3.8) is 0 Å². The molecule has 1 spiro atoms. The van der Waals surface area contributed by atoms with Crippen molar-refractivity contribution >= 4 is 44.9 Å². The molecule has 20 heavy (non-hydrogen) atoms. The van der Waals surface area contributed by atoms with Gasteiger partial charge in [-0.25, -0.2) is 9.98 Å². The van der Waals surface area contributed by atoms with Crippen LogP contribution in [-0.2, 0) is 10.3 Å². The van der Waals surface area contributed by atoms with Gasteiger partial charge >= 0.3 is 0 Å². The highest BCUT2D eigenvalue weighted by molar-refractivity contribution is 14.1. The lowest BCUT2D eigenvalue weighted by Gasteiger charge is -2.32. The van der Waals surface area contributed by atoms with Gasteiger partial charge in [0.25, 0.3) is 0 Å². The lowest BCUT2D eigenvalue weighted by Crippen LogP contribution is -2.31. The SMILES string of the molecule is Brc1cnc2c(c1)[C@]1(COC=N1)c1cc(I)ccc1O2. The zero-order chi connectivity index (χ0) is 13.7. The summed E-state index contributed by atoms with van der Waals surface area (Å²) in [7, 11) is 0. The van der Waals surface area contributed by atoms with Gasteiger partial charge in [0.15, 0.2) is 11.9 Å². The molecule has 1 atom stereocenters. The third kappa shape index (κ3) is 1.70. The van der Waals surface area contributed by atoms with Gasteiger partial charge in [-0.3, -0.25) is 0 Å². The van der Waals surface area contributed by atoms with E-state index in [0.29, 0.717) is 12.5 Å². The first-order valence-corrected chi connectivity index (χ1v) is 7.85. The quantitative estimate of drug-likeness (QED) is 0.582. The number of nitrogens with zero attached hydrogens (tertiary/aromatic N) is 2. The Morgan fingerprint density at radius 1 is 1.25 bits per heavy atom. The van der Waals surface area contributed by atoms with Crippen LogP contribution in [0.4, 0.5) is 0 Å². The van der Waals surface area contributed by atoms with Crippen molar-refractivity contribution in [2.24, 2.45) is 4.99 Å². The minimum absolute atomic E-state index is 0.467. The van der Waals surface area contributed by atoms with Crippen LogP contribution in [0.1, 0.15) is 11.1 Å². The maximum absolute atomic E-state index is 5.91. The highest BCUT2D eigenvalue weighted by atomic mass is 127. The van der Waals surface area contributed by atoms with E-state index in [4.69, 9.17) is 9.47 Å². The average molecular weight is 443 g/mol. The summed E-state index contributed by atoms with van der Waals surface area (Å²) in [6, 6.07) is 8.05. The molecule has 0 saturated carbocycles. The van der Waals surface area contributed by atoms with Crippen LogP contribution in [0.3, 0.4) is 0 Å². The molecule has 4 nitrogen and oxygen atoms in total. The summed E-state index contributed by atoms with van der Waals surface area (Å²) in [5.74, 6) is 1.37. The minimum Gasteiger partial charge on any atom is -0.480 e. The maximum atomic E-state index is 5.91. The second kappa shape index (κ2) is 4.42. The van der Waals surface area contributed by atoms with Gasteiger partial charge in [0.2, 0.25) is 5.88 Å². The molecule has 100 valence electrons. The second-order valence-corrected chi connectivity index (χ2v) is 6.82. The van der Waals surface area contributed by atoms with E-state index in [0.717, 1.165) is 24.9 Å². The topological polar surface area (TPSA) is 43.7 Å². The number of halogens is 2. The summed E-state index contributed by atoms with van der Waals surface area (Å²) >= 11 is 5.75. The number of fused-ring (bicyclic) bond motifs is 4. The molecule has 0 saturated heterocycles. The maximum Gasteiger partial charge on any atom is 0.225 e. The Morgan fingerprint density at radius 3 is 2.95 bits per heavy atom. The number of hydrogen-bond acceptors (Lipinski definition) is 4. The van der Waals surface area contributed by atoms with E-state index >= 15 is 0 Å². The summed E-state index contributed by atoms with van der Waals surface area (Å²) in [5.41, 5.74) is 1.39. The summed E-state index contributed by atoms with van der Waals surface area (Å²) in [5, 5.41) is 0. The third-order valence-corrected chi connectivity index (χ3v) is 4.60.